The number of amides is 5. The summed E-state index contributed by atoms with van der Waals surface area (Å²) < 4.78 is 32.5. The number of fused-ring (bicyclic) bond motifs is 2. The maximum absolute atomic E-state index is 14.1. The summed E-state index contributed by atoms with van der Waals surface area (Å²) in [5.41, 5.74) is -0.0969. The van der Waals surface area contributed by atoms with Crippen LogP contribution in [0.2, 0.25) is 0 Å². The molecule has 13 nitrogen and oxygen atoms in total. The predicted octanol–water partition coefficient (Wildman–Crippen LogP) is 2.72. The molecule has 4 N–H and O–H groups in total. The average molecular weight is 671 g/mol. The summed E-state index contributed by atoms with van der Waals surface area (Å²) in [6.07, 6.45) is 10.2. The predicted molar refractivity (Wildman–Crippen MR) is 176 cm³/mol. The van der Waals surface area contributed by atoms with Gasteiger partial charge in [0.2, 0.25) is 21.8 Å². The minimum Gasteiger partial charge on any atom is -0.378 e. The Kier molecular flexibility index (Phi) is 9.52. The van der Waals surface area contributed by atoms with Gasteiger partial charge in [0.15, 0.2) is 0 Å². The number of hydrogen-bond donors (Lipinski definition) is 4. The molecule has 0 aromatic heterocycles. The molecule has 0 radical (unpaired) electrons. The smallest absolute Gasteiger partial charge is 0.322 e. The highest BCUT2D eigenvalue weighted by Gasteiger charge is 2.63. The zero-order valence-electron chi connectivity index (χ0n) is 27.0. The van der Waals surface area contributed by atoms with Gasteiger partial charge in [-0.25, -0.2) is 13.2 Å². The Morgan fingerprint density at radius 3 is 2.53 bits per heavy atom. The van der Waals surface area contributed by atoms with E-state index in [1.54, 1.807) is 28.9 Å². The van der Waals surface area contributed by atoms with Crippen molar-refractivity contribution in [2.75, 3.05) is 43.5 Å². The molecular weight excluding hydrogens is 624 g/mol. The largest absolute Gasteiger partial charge is 0.378 e. The summed E-state index contributed by atoms with van der Waals surface area (Å²) in [6, 6.07) is 5.66. The molecule has 4 atom stereocenters. The normalized spacial score (nSPS) is 30.0. The number of sulfonamides is 1. The molecule has 14 heteroatoms. The summed E-state index contributed by atoms with van der Waals surface area (Å²) in [6.45, 7) is 4.06. The fourth-order valence-corrected chi connectivity index (χ4v) is 8.04. The minimum atomic E-state index is -3.89. The van der Waals surface area contributed by atoms with Crippen LogP contribution in [-0.2, 0) is 29.1 Å². The first-order valence-corrected chi connectivity index (χ1v) is 18.4. The molecule has 2 saturated carbocycles. The molecule has 0 spiro atoms. The van der Waals surface area contributed by atoms with E-state index < -0.39 is 44.2 Å². The lowest BCUT2D eigenvalue weighted by Crippen LogP contribution is -2.58. The Morgan fingerprint density at radius 2 is 1.77 bits per heavy atom. The molecule has 2 saturated heterocycles. The van der Waals surface area contributed by atoms with Crippen molar-refractivity contribution in [3.05, 3.63) is 36.4 Å². The molecule has 1 aromatic rings. The van der Waals surface area contributed by atoms with Crippen LogP contribution in [-0.4, -0.2) is 97.2 Å². The van der Waals surface area contributed by atoms with Crippen molar-refractivity contribution in [2.24, 2.45) is 5.92 Å². The first-order valence-electron chi connectivity index (χ1n) is 16.9. The third-order valence-corrected chi connectivity index (χ3v) is 12.4. The van der Waals surface area contributed by atoms with Crippen LogP contribution in [0.3, 0.4) is 0 Å². The highest BCUT2D eigenvalue weighted by atomic mass is 32.2. The third-order valence-electron chi connectivity index (χ3n) is 10.2. The van der Waals surface area contributed by atoms with E-state index in [1.807, 2.05) is 24.3 Å². The Hall–Kier alpha value is -3.65. The van der Waals surface area contributed by atoms with Crippen molar-refractivity contribution >= 4 is 45.2 Å². The van der Waals surface area contributed by atoms with E-state index in [-0.39, 0.29) is 17.9 Å². The van der Waals surface area contributed by atoms with Crippen LogP contribution in [0.5, 0.6) is 0 Å². The Labute approximate surface area is 276 Å². The van der Waals surface area contributed by atoms with Crippen molar-refractivity contribution < 1.29 is 32.3 Å². The van der Waals surface area contributed by atoms with E-state index in [2.05, 4.69) is 20.7 Å². The van der Waals surface area contributed by atoms with Crippen LogP contribution in [0.25, 0.3) is 0 Å². The van der Waals surface area contributed by atoms with Crippen LogP contribution in [0.4, 0.5) is 16.2 Å². The monoisotopic (exact) mass is 670 g/mol. The van der Waals surface area contributed by atoms with Gasteiger partial charge in [-0.1, -0.05) is 31.1 Å². The van der Waals surface area contributed by atoms with Gasteiger partial charge in [-0.3, -0.25) is 19.1 Å². The second-order valence-electron chi connectivity index (χ2n) is 13.7. The number of nitrogens with zero attached hydrogens (tertiary/aromatic N) is 2. The highest BCUT2D eigenvalue weighted by Crippen LogP contribution is 2.47. The van der Waals surface area contributed by atoms with Crippen LogP contribution in [0.1, 0.15) is 71.1 Å². The van der Waals surface area contributed by atoms with E-state index in [0.717, 1.165) is 25.7 Å². The van der Waals surface area contributed by atoms with Crippen molar-refractivity contribution in [2.45, 2.75) is 93.5 Å². The lowest BCUT2D eigenvalue weighted by molar-refractivity contribution is -0.140. The second kappa shape index (κ2) is 13.5. The number of rotatable bonds is 6. The van der Waals surface area contributed by atoms with Gasteiger partial charge in [-0.2, -0.15) is 0 Å². The fraction of sp³-hybridized carbons (Fsp3) is 0.636. The minimum absolute atomic E-state index is 0.200. The number of morpholine rings is 1. The van der Waals surface area contributed by atoms with Crippen LogP contribution in [0.15, 0.2) is 36.4 Å². The van der Waals surface area contributed by atoms with Crippen molar-refractivity contribution in [1.29, 1.82) is 0 Å². The topological polar surface area (TPSA) is 166 Å². The fourth-order valence-electron chi connectivity index (χ4n) is 6.73. The lowest BCUT2D eigenvalue weighted by atomic mass is 10.0. The van der Waals surface area contributed by atoms with E-state index in [4.69, 9.17) is 4.74 Å². The summed E-state index contributed by atoms with van der Waals surface area (Å²) in [4.78, 5) is 57.5. The molecule has 6 rings (SSSR count). The van der Waals surface area contributed by atoms with E-state index in [9.17, 15) is 27.6 Å². The van der Waals surface area contributed by atoms with Crippen molar-refractivity contribution in [3.8, 4) is 0 Å². The maximum Gasteiger partial charge on any atom is 0.322 e. The Balaban J connectivity index is 1.18. The van der Waals surface area contributed by atoms with Crippen LogP contribution >= 0.6 is 0 Å². The molecular formula is C33H46N6O7S. The van der Waals surface area contributed by atoms with Gasteiger partial charge in [0.1, 0.15) is 17.6 Å². The van der Waals surface area contributed by atoms with Gasteiger partial charge in [-0.15, -0.1) is 0 Å². The number of nitrogens with one attached hydrogen (secondary N) is 4. The molecule has 5 aliphatic rings. The van der Waals surface area contributed by atoms with Gasteiger partial charge in [-0.05, 0) is 76.5 Å². The molecule has 3 heterocycles. The van der Waals surface area contributed by atoms with Crippen LogP contribution in [0, 0.1) is 5.92 Å². The molecule has 47 heavy (non-hydrogen) atoms. The number of benzene rings is 1. The molecule has 2 aliphatic carbocycles. The second-order valence-corrected chi connectivity index (χ2v) is 15.9. The van der Waals surface area contributed by atoms with Gasteiger partial charge in [0, 0.05) is 36.9 Å². The quantitative estimate of drug-likeness (QED) is 0.336. The zero-order chi connectivity index (χ0) is 33.2. The third kappa shape index (κ3) is 7.28. The number of urea groups is 1. The van der Waals surface area contributed by atoms with Gasteiger partial charge in [0.25, 0.3) is 5.91 Å². The van der Waals surface area contributed by atoms with Gasteiger partial charge >= 0.3 is 6.03 Å². The first-order chi connectivity index (χ1) is 22.5. The first kappa shape index (κ1) is 33.3. The number of anilines is 2. The summed E-state index contributed by atoms with van der Waals surface area (Å²) in [7, 11) is -3.89. The van der Waals surface area contributed by atoms with Crippen LogP contribution < -0.4 is 20.7 Å². The molecule has 256 valence electrons. The molecule has 4 fully saturated rings. The van der Waals surface area contributed by atoms with Crippen molar-refractivity contribution in [3.63, 3.8) is 0 Å². The number of allylic oxidation sites excluding steroid dienone is 1. The molecule has 0 unspecified atom stereocenters. The SMILES string of the molecule is CC1(S(=O)(=O)NC(=O)[C@@]23C[C@H]2/C=C\CCCCC[C@H](Nc2cccc(NC(=O)N4CCOCC4)c2)C(=O)N2CCC[C@H]2C(=O)N3)CC1. The standard InChI is InChI=1S/C33H46N6O7S/c1-32(14-15-32)47(44,45)37-30(42)33-22-23(33)9-5-3-2-4-6-12-26(29(41)39-16-8-13-27(39)28(40)36-33)34-24-10-7-11-25(21-24)35-31(43)38-17-19-46-20-18-38/h5,7,9-11,21,23,26-27,34H,2-4,6,8,12-20,22H2,1H3,(H,35,43)(H,36,40)(H,37,42)/b9-5-/t23-,26+,27+,33-/m1/s1. The lowest BCUT2D eigenvalue weighted by Gasteiger charge is -2.30. The van der Waals surface area contributed by atoms with Gasteiger partial charge < -0.3 is 30.5 Å². The highest BCUT2D eigenvalue weighted by molar-refractivity contribution is 7.91. The molecule has 1 aromatic carbocycles. The average Bonchev–Trinajstić information content (AvgIpc) is 3.91. The number of carbonyl (C=O) groups is 4. The molecule has 5 amide bonds. The number of hydrogen-bond acceptors (Lipinski definition) is 8. The summed E-state index contributed by atoms with van der Waals surface area (Å²) in [5.74, 6) is -1.68. The van der Waals surface area contributed by atoms with Gasteiger partial charge in [0.05, 0.1) is 18.0 Å². The van der Waals surface area contributed by atoms with Crippen molar-refractivity contribution in [1.82, 2.24) is 19.8 Å². The number of ether oxygens (including phenoxy) is 1. The Bertz CT molecular complexity index is 1520. The zero-order valence-corrected chi connectivity index (χ0v) is 27.8. The Morgan fingerprint density at radius 1 is 1.00 bits per heavy atom. The van der Waals surface area contributed by atoms with E-state index >= 15 is 0 Å². The number of carbonyl (C=O) groups excluding carboxylic acids is 4. The maximum atomic E-state index is 14.1. The summed E-state index contributed by atoms with van der Waals surface area (Å²) in [5, 5.41) is 9.22. The molecule has 3 aliphatic heterocycles. The van der Waals surface area contributed by atoms with E-state index in [1.165, 1.54) is 0 Å². The van der Waals surface area contributed by atoms with E-state index in [0.29, 0.717) is 82.7 Å². The molecule has 0 bridgehead atoms. The summed E-state index contributed by atoms with van der Waals surface area (Å²) >= 11 is 0.